The lowest BCUT2D eigenvalue weighted by molar-refractivity contribution is -0.299. The first kappa shape index (κ1) is 15.7. The van der Waals surface area contributed by atoms with Gasteiger partial charge in [0.25, 0.3) is 0 Å². The summed E-state index contributed by atoms with van der Waals surface area (Å²) in [4.78, 5) is 0. The van der Waals surface area contributed by atoms with E-state index in [2.05, 4.69) is 70.8 Å². The van der Waals surface area contributed by atoms with Crippen molar-refractivity contribution in [1.82, 2.24) is 0 Å². The highest BCUT2D eigenvalue weighted by Gasteiger charge is 2.44. The molecule has 0 amide bonds. The van der Waals surface area contributed by atoms with Crippen LogP contribution in [0.5, 0.6) is 0 Å². The Morgan fingerprint density at radius 3 is 0.654 bits per heavy atom. The molecule has 130 valence electrons. The average molecular weight is 350 g/mol. The third-order valence-electron chi connectivity index (χ3n) is 6.08. The zero-order valence-corrected chi connectivity index (χ0v) is 14.9. The minimum absolute atomic E-state index is 0.184. The zero-order valence-electron chi connectivity index (χ0n) is 14.9. The normalized spacial score (nSPS) is 19.2. The molecule has 3 aliphatic rings. The van der Waals surface area contributed by atoms with Gasteiger partial charge in [0.1, 0.15) is 0 Å². The third-order valence-corrected chi connectivity index (χ3v) is 6.08. The van der Waals surface area contributed by atoms with E-state index in [0.717, 1.165) is 34.1 Å². The molecule has 0 heterocycles. The first-order valence-corrected chi connectivity index (χ1v) is 8.82. The van der Waals surface area contributed by atoms with Gasteiger partial charge in [-0.25, -0.2) is 0 Å². The van der Waals surface area contributed by atoms with Gasteiger partial charge in [0.2, 0.25) is 0 Å². The molecular formula is C20H26N6+6. The summed E-state index contributed by atoms with van der Waals surface area (Å²) in [6.45, 7) is 0. The molecular weight excluding hydrogens is 324 g/mol. The van der Waals surface area contributed by atoms with Gasteiger partial charge in [-0.3, -0.25) is 0 Å². The van der Waals surface area contributed by atoms with Crippen molar-refractivity contribution in [2.45, 2.75) is 11.8 Å². The fraction of sp³-hybridized carbons (Fsp3) is 0.100. The van der Waals surface area contributed by atoms with Crippen molar-refractivity contribution >= 4 is 34.1 Å². The van der Waals surface area contributed by atoms with E-state index < -0.39 is 0 Å². The van der Waals surface area contributed by atoms with E-state index >= 15 is 0 Å². The van der Waals surface area contributed by atoms with Crippen LogP contribution in [-0.4, -0.2) is 0 Å². The lowest BCUT2D eigenvalue weighted by Crippen LogP contribution is -2.51. The summed E-state index contributed by atoms with van der Waals surface area (Å²) in [5.41, 5.74) is 39.0. The number of quaternary nitrogens is 6. The molecule has 6 nitrogen and oxygen atoms in total. The minimum atomic E-state index is 0.184. The molecule has 0 saturated heterocycles. The standard InChI is InChI=1S/C20H20N6/c21-13-1-7-8(2-14(13)22)20-11-5-17(25)15(23)3-9(11)19(7)10-4-16(24)18(26)6-12(10)20/h1-6,19-20H,21-26H2/p+6. The molecule has 26 heavy (non-hydrogen) atoms. The molecule has 3 aliphatic carbocycles. The molecule has 0 atom stereocenters. The summed E-state index contributed by atoms with van der Waals surface area (Å²) in [7, 11) is 0. The maximum Gasteiger partial charge on any atom is 0.189 e. The Morgan fingerprint density at radius 1 is 0.346 bits per heavy atom. The number of hydrogen-bond acceptors (Lipinski definition) is 0. The van der Waals surface area contributed by atoms with Gasteiger partial charge in [-0.15, -0.1) is 0 Å². The fourth-order valence-electron chi connectivity index (χ4n) is 4.69. The van der Waals surface area contributed by atoms with Crippen LogP contribution in [-0.2, 0) is 0 Å². The predicted octanol–water partition coefficient (Wildman–Crippen LogP) is -2.09. The Labute approximate surface area is 150 Å². The Bertz CT molecular complexity index is 890. The van der Waals surface area contributed by atoms with Gasteiger partial charge >= 0.3 is 0 Å². The monoisotopic (exact) mass is 350 g/mol. The maximum atomic E-state index is 4.18. The van der Waals surface area contributed by atoms with Gasteiger partial charge in [0.15, 0.2) is 34.1 Å². The number of rotatable bonds is 0. The largest absolute Gasteiger partial charge is 0.320 e. The van der Waals surface area contributed by atoms with Crippen LogP contribution in [0.2, 0.25) is 0 Å². The zero-order chi connectivity index (χ0) is 18.3. The van der Waals surface area contributed by atoms with Crippen LogP contribution in [0.3, 0.4) is 0 Å². The van der Waals surface area contributed by atoms with Gasteiger partial charge in [0.05, 0.1) is 0 Å². The second-order valence-electron chi connectivity index (χ2n) is 7.62. The molecule has 0 saturated carbocycles. The summed E-state index contributed by atoms with van der Waals surface area (Å²) >= 11 is 0. The lowest BCUT2D eigenvalue weighted by Gasteiger charge is -2.41. The highest BCUT2D eigenvalue weighted by Crippen LogP contribution is 2.57. The van der Waals surface area contributed by atoms with E-state index in [1.165, 1.54) is 33.4 Å². The van der Waals surface area contributed by atoms with Crippen molar-refractivity contribution in [2.24, 2.45) is 0 Å². The SMILES string of the molecule is [NH3+]c1cc2c(cc1[NH3+])C1c3cc([NH3+])c([NH3+])cc3C2c2cc([NH3+])c([NH3+])cc21. The molecule has 0 spiro atoms. The molecule has 18 N–H and O–H groups in total. The van der Waals surface area contributed by atoms with Crippen LogP contribution >= 0.6 is 0 Å². The molecule has 3 aromatic carbocycles. The van der Waals surface area contributed by atoms with Crippen LogP contribution in [0.25, 0.3) is 0 Å². The molecule has 6 rings (SSSR count). The fourth-order valence-corrected chi connectivity index (χ4v) is 4.69. The Hall–Kier alpha value is -2.58. The van der Waals surface area contributed by atoms with E-state index in [-0.39, 0.29) is 11.8 Å². The second kappa shape index (κ2) is 4.99. The van der Waals surface area contributed by atoms with E-state index in [9.17, 15) is 0 Å². The highest BCUT2D eigenvalue weighted by atomic mass is 14.7. The molecule has 0 unspecified atom stereocenters. The smallest absolute Gasteiger partial charge is 0.189 e. The van der Waals surface area contributed by atoms with Crippen molar-refractivity contribution in [3.05, 3.63) is 69.8 Å². The Balaban J connectivity index is 1.91. The maximum absolute atomic E-state index is 4.18. The minimum Gasteiger partial charge on any atom is -0.320 e. The first-order valence-electron chi connectivity index (χ1n) is 8.82. The molecule has 2 bridgehead atoms. The van der Waals surface area contributed by atoms with E-state index in [1.54, 1.807) is 0 Å². The molecule has 0 fully saturated rings. The van der Waals surface area contributed by atoms with Crippen molar-refractivity contribution in [1.29, 1.82) is 0 Å². The molecule has 0 radical (unpaired) electrons. The molecule has 0 aliphatic heterocycles. The highest BCUT2D eigenvalue weighted by molar-refractivity contribution is 5.76. The summed E-state index contributed by atoms with van der Waals surface area (Å²) in [5, 5.41) is 0. The summed E-state index contributed by atoms with van der Waals surface area (Å²) < 4.78 is 0. The molecule has 3 aromatic rings. The summed E-state index contributed by atoms with van der Waals surface area (Å²) in [5.74, 6) is 0.367. The Kier molecular flexibility index (Phi) is 3.00. The topological polar surface area (TPSA) is 166 Å². The third kappa shape index (κ3) is 1.85. The summed E-state index contributed by atoms with van der Waals surface area (Å²) in [6.07, 6.45) is 0. The van der Waals surface area contributed by atoms with Crippen molar-refractivity contribution in [3.63, 3.8) is 0 Å². The van der Waals surface area contributed by atoms with Gasteiger partial charge < -0.3 is 34.4 Å². The van der Waals surface area contributed by atoms with E-state index in [4.69, 9.17) is 0 Å². The number of benzene rings is 3. The first-order chi connectivity index (χ1) is 12.4. The van der Waals surface area contributed by atoms with Gasteiger partial charge in [-0.2, -0.15) is 0 Å². The summed E-state index contributed by atoms with van der Waals surface area (Å²) in [6, 6.07) is 13.3. The predicted molar refractivity (Wildman–Crippen MR) is 96.5 cm³/mol. The van der Waals surface area contributed by atoms with Crippen molar-refractivity contribution in [2.75, 3.05) is 0 Å². The van der Waals surface area contributed by atoms with Gasteiger partial charge in [0, 0.05) is 48.2 Å². The second-order valence-corrected chi connectivity index (χ2v) is 7.62. The van der Waals surface area contributed by atoms with Gasteiger partial charge in [-0.05, 0) is 33.4 Å². The van der Waals surface area contributed by atoms with Crippen LogP contribution in [0.15, 0.2) is 36.4 Å². The van der Waals surface area contributed by atoms with Crippen molar-refractivity contribution in [3.8, 4) is 0 Å². The van der Waals surface area contributed by atoms with Gasteiger partial charge in [-0.1, -0.05) is 0 Å². The van der Waals surface area contributed by atoms with E-state index in [1.807, 2.05) is 0 Å². The lowest BCUT2D eigenvalue weighted by atomic mass is 9.60. The van der Waals surface area contributed by atoms with Crippen molar-refractivity contribution < 1.29 is 34.4 Å². The van der Waals surface area contributed by atoms with Crippen LogP contribution < -0.4 is 34.4 Å². The van der Waals surface area contributed by atoms with E-state index in [0.29, 0.717) is 0 Å². The molecule has 6 heteroatoms. The van der Waals surface area contributed by atoms with Crippen LogP contribution in [0.1, 0.15) is 45.2 Å². The quantitative estimate of drug-likeness (QED) is 0.180. The van der Waals surface area contributed by atoms with Crippen LogP contribution in [0, 0.1) is 0 Å². The number of hydrogen-bond donors (Lipinski definition) is 6. The Morgan fingerprint density at radius 2 is 0.500 bits per heavy atom. The van der Waals surface area contributed by atoms with Crippen LogP contribution in [0.4, 0.5) is 34.1 Å². The average Bonchev–Trinajstić information content (AvgIpc) is 2.58. The molecule has 0 aromatic heterocycles.